The lowest BCUT2D eigenvalue weighted by Gasteiger charge is -2.11. The maximum absolute atomic E-state index is 6.26. The summed E-state index contributed by atoms with van der Waals surface area (Å²) >= 11 is 12.1. The summed E-state index contributed by atoms with van der Waals surface area (Å²) in [6, 6.07) is 5.98. The van der Waals surface area contributed by atoms with Crippen LogP contribution in [0, 0.1) is 0 Å². The SMILES string of the molecule is CCC(N)Cc1ccc(-n2cc(Cl)cn2)cc1Cl. The predicted molar refractivity (Wildman–Crippen MR) is 75.6 cm³/mol. The number of benzene rings is 1. The normalized spacial score (nSPS) is 12.7. The van der Waals surface area contributed by atoms with Crippen molar-refractivity contribution in [2.45, 2.75) is 25.8 Å². The Hall–Kier alpha value is -1.03. The molecule has 5 heteroatoms. The molecular formula is C13H15Cl2N3. The van der Waals surface area contributed by atoms with Gasteiger partial charge in [0.25, 0.3) is 0 Å². The number of nitrogens with two attached hydrogens (primary N) is 1. The van der Waals surface area contributed by atoms with E-state index in [1.54, 1.807) is 17.1 Å². The molecule has 3 nitrogen and oxygen atoms in total. The highest BCUT2D eigenvalue weighted by molar-refractivity contribution is 6.31. The minimum atomic E-state index is 0.146. The van der Waals surface area contributed by atoms with E-state index in [0.717, 1.165) is 24.1 Å². The molecule has 0 fully saturated rings. The van der Waals surface area contributed by atoms with Crippen LogP contribution in [0.25, 0.3) is 5.69 Å². The lowest BCUT2D eigenvalue weighted by atomic mass is 10.0. The summed E-state index contributed by atoms with van der Waals surface area (Å²) in [7, 11) is 0. The second kappa shape index (κ2) is 5.74. The summed E-state index contributed by atoms with van der Waals surface area (Å²) in [4.78, 5) is 0. The average Bonchev–Trinajstić information content (AvgIpc) is 2.78. The van der Waals surface area contributed by atoms with Gasteiger partial charge in [-0.3, -0.25) is 0 Å². The zero-order chi connectivity index (χ0) is 13.1. The zero-order valence-electron chi connectivity index (χ0n) is 10.1. The third-order valence-electron chi connectivity index (χ3n) is 2.86. The molecule has 0 aliphatic heterocycles. The zero-order valence-corrected chi connectivity index (χ0v) is 11.6. The van der Waals surface area contributed by atoms with Crippen molar-refractivity contribution in [1.82, 2.24) is 9.78 Å². The molecule has 0 saturated carbocycles. The molecule has 2 rings (SSSR count). The fraction of sp³-hybridized carbons (Fsp3) is 0.308. The molecule has 0 radical (unpaired) electrons. The van der Waals surface area contributed by atoms with E-state index < -0.39 is 0 Å². The molecule has 1 aromatic heterocycles. The number of hydrogen-bond donors (Lipinski definition) is 1. The lowest BCUT2D eigenvalue weighted by molar-refractivity contribution is 0.646. The van der Waals surface area contributed by atoms with Crippen molar-refractivity contribution in [3.63, 3.8) is 0 Å². The molecule has 2 N–H and O–H groups in total. The van der Waals surface area contributed by atoms with Gasteiger partial charge < -0.3 is 5.73 Å². The summed E-state index contributed by atoms with van der Waals surface area (Å²) in [5, 5.41) is 5.45. The first-order valence-electron chi connectivity index (χ1n) is 5.84. The summed E-state index contributed by atoms with van der Waals surface area (Å²) in [5.74, 6) is 0. The number of nitrogens with zero attached hydrogens (tertiary/aromatic N) is 2. The number of aromatic nitrogens is 2. The van der Waals surface area contributed by atoms with E-state index in [1.807, 2.05) is 18.2 Å². The molecule has 0 saturated heterocycles. The highest BCUT2D eigenvalue weighted by Gasteiger charge is 2.07. The van der Waals surface area contributed by atoms with Gasteiger partial charge in [-0.2, -0.15) is 5.10 Å². The Morgan fingerprint density at radius 3 is 2.72 bits per heavy atom. The van der Waals surface area contributed by atoms with Crippen LogP contribution in [0.3, 0.4) is 0 Å². The topological polar surface area (TPSA) is 43.8 Å². The molecule has 0 spiro atoms. The number of hydrogen-bond acceptors (Lipinski definition) is 2. The van der Waals surface area contributed by atoms with E-state index in [2.05, 4.69) is 12.0 Å². The Morgan fingerprint density at radius 2 is 2.17 bits per heavy atom. The van der Waals surface area contributed by atoms with E-state index in [1.165, 1.54) is 0 Å². The third kappa shape index (κ3) is 3.05. The van der Waals surface area contributed by atoms with Gasteiger partial charge in [-0.15, -0.1) is 0 Å². The molecule has 2 aromatic rings. The van der Waals surface area contributed by atoms with Crippen LogP contribution in [0.2, 0.25) is 10.0 Å². The highest BCUT2D eigenvalue weighted by Crippen LogP contribution is 2.22. The van der Waals surface area contributed by atoms with Crippen molar-refractivity contribution >= 4 is 23.2 Å². The second-order valence-electron chi connectivity index (χ2n) is 4.25. The fourth-order valence-electron chi connectivity index (χ4n) is 1.71. The molecular weight excluding hydrogens is 269 g/mol. The summed E-state index contributed by atoms with van der Waals surface area (Å²) in [5.41, 5.74) is 7.89. The van der Waals surface area contributed by atoms with Gasteiger partial charge in [0.15, 0.2) is 0 Å². The smallest absolute Gasteiger partial charge is 0.0790 e. The first-order chi connectivity index (χ1) is 8.60. The van der Waals surface area contributed by atoms with Crippen molar-refractivity contribution in [2.24, 2.45) is 5.73 Å². The van der Waals surface area contributed by atoms with Crippen LogP contribution in [0.5, 0.6) is 0 Å². The van der Waals surface area contributed by atoms with Gasteiger partial charge in [-0.1, -0.05) is 36.2 Å². The van der Waals surface area contributed by atoms with Crippen LogP contribution in [0.1, 0.15) is 18.9 Å². The number of rotatable bonds is 4. The second-order valence-corrected chi connectivity index (χ2v) is 5.09. The Labute approximate surface area is 117 Å². The third-order valence-corrected chi connectivity index (χ3v) is 3.41. The van der Waals surface area contributed by atoms with E-state index in [4.69, 9.17) is 28.9 Å². The molecule has 96 valence electrons. The lowest BCUT2D eigenvalue weighted by Crippen LogP contribution is -2.21. The largest absolute Gasteiger partial charge is 0.327 e. The van der Waals surface area contributed by atoms with Gasteiger partial charge in [0.1, 0.15) is 0 Å². The fourth-order valence-corrected chi connectivity index (χ4v) is 2.10. The minimum absolute atomic E-state index is 0.146. The highest BCUT2D eigenvalue weighted by atomic mass is 35.5. The predicted octanol–water partition coefficient (Wildman–Crippen LogP) is 3.46. The maximum Gasteiger partial charge on any atom is 0.0790 e. The summed E-state index contributed by atoms with van der Waals surface area (Å²) in [6.45, 7) is 2.07. The molecule has 1 atom stereocenters. The van der Waals surface area contributed by atoms with E-state index in [9.17, 15) is 0 Å². The molecule has 18 heavy (non-hydrogen) atoms. The Balaban J connectivity index is 2.24. The van der Waals surface area contributed by atoms with Crippen LogP contribution < -0.4 is 5.73 Å². The van der Waals surface area contributed by atoms with Crippen LogP contribution in [0.15, 0.2) is 30.6 Å². The standard InChI is InChI=1S/C13H15Cl2N3/c1-2-11(16)5-9-3-4-12(6-13(9)15)18-8-10(14)7-17-18/h3-4,6-8,11H,2,5,16H2,1H3. The number of halogens is 2. The van der Waals surface area contributed by atoms with Gasteiger partial charge in [0.05, 0.1) is 16.9 Å². The molecule has 1 unspecified atom stereocenters. The minimum Gasteiger partial charge on any atom is -0.327 e. The molecule has 0 aliphatic carbocycles. The van der Waals surface area contributed by atoms with Crippen molar-refractivity contribution in [2.75, 3.05) is 0 Å². The van der Waals surface area contributed by atoms with Crippen LogP contribution >= 0.6 is 23.2 Å². The summed E-state index contributed by atoms with van der Waals surface area (Å²) in [6.07, 6.45) is 5.06. The van der Waals surface area contributed by atoms with Gasteiger partial charge in [-0.25, -0.2) is 4.68 Å². The molecule has 0 bridgehead atoms. The van der Waals surface area contributed by atoms with Crippen molar-refractivity contribution < 1.29 is 0 Å². The molecule has 0 aliphatic rings. The van der Waals surface area contributed by atoms with Gasteiger partial charge in [-0.05, 0) is 30.5 Å². The first-order valence-corrected chi connectivity index (χ1v) is 6.60. The first kappa shape index (κ1) is 13.4. The van der Waals surface area contributed by atoms with Crippen LogP contribution in [0.4, 0.5) is 0 Å². The quantitative estimate of drug-likeness (QED) is 0.934. The Kier molecular flexibility index (Phi) is 4.27. The van der Waals surface area contributed by atoms with Crippen molar-refractivity contribution in [3.05, 3.63) is 46.2 Å². The molecule has 1 heterocycles. The van der Waals surface area contributed by atoms with Crippen LogP contribution in [-0.2, 0) is 6.42 Å². The van der Waals surface area contributed by atoms with Crippen molar-refractivity contribution in [1.29, 1.82) is 0 Å². The molecule has 1 aromatic carbocycles. The van der Waals surface area contributed by atoms with Gasteiger partial charge in [0, 0.05) is 17.3 Å². The average molecular weight is 284 g/mol. The van der Waals surface area contributed by atoms with Crippen molar-refractivity contribution in [3.8, 4) is 5.69 Å². The summed E-state index contributed by atoms with van der Waals surface area (Å²) < 4.78 is 1.69. The van der Waals surface area contributed by atoms with Crippen LogP contribution in [-0.4, -0.2) is 15.8 Å². The maximum atomic E-state index is 6.26. The van der Waals surface area contributed by atoms with E-state index in [-0.39, 0.29) is 6.04 Å². The van der Waals surface area contributed by atoms with E-state index >= 15 is 0 Å². The Morgan fingerprint density at radius 1 is 1.39 bits per heavy atom. The molecule has 0 amide bonds. The van der Waals surface area contributed by atoms with E-state index in [0.29, 0.717) is 10.0 Å². The van der Waals surface area contributed by atoms with Gasteiger partial charge in [0.2, 0.25) is 0 Å². The monoisotopic (exact) mass is 283 g/mol. The van der Waals surface area contributed by atoms with Gasteiger partial charge >= 0.3 is 0 Å². The Bertz CT molecular complexity index is 537.